The second kappa shape index (κ2) is 13.9. The van der Waals surface area contributed by atoms with E-state index in [0.29, 0.717) is 32.4 Å². The lowest BCUT2D eigenvalue weighted by Crippen LogP contribution is -2.55. The number of aryl methyl sites for hydroxylation is 1. The predicted octanol–water partition coefficient (Wildman–Crippen LogP) is 0.616. The molecule has 208 valence electrons. The topological polar surface area (TPSA) is 154 Å². The number of aliphatic carboxylic acids is 1. The predicted molar refractivity (Wildman–Crippen MR) is 138 cm³/mol. The van der Waals surface area contributed by atoms with Crippen molar-refractivity contribution in [3.63, 3.8) is 0 Å². The van der Waals surface area contributed by atoms with E-state index in [0.717, 1.165) is 24.8 Å². The van der Waals surface area contributed by atoms with Crippen LogP contribution >= 0.6 is 0 Å². The normalized spacial score (nSPS) is 23.7. The van der Waals surface area contributed by atoms with Crippen molar-refractivity contribution in [1.82, 2.24) is 20.9 Å². The van der Waals surface area contributed by atoms with Crippen LogP contribution in [0.4, 0.5) is 0 Å². The Labute approximate surface area is 222 Å². The number of rotatable bonds is 9. The molecule has 0 radical (unpaired) electrons. The van der Waals surface area contributed by atoms with Gasteiger partial charge in [0, 0.05) is 19.1 Å². The number of carboxylic acid groups (broad SMARTS) is 1. The Morgan fingerprint density at radius 3 is 2.34 bits per heavy atom. The van der Waals surface area contributed by atoms with E-state index in [4.69, 9.17) is 4.74 Å². The molecule has 1 aliphatic carbocycles. The number of hydrogen-bond acceptors (Lipinski definition) is 7. The van der Waals surface area contributed by atoms with E-state index in [1.807, 2.05) is 30.3 Å². The van der Waals surface area contributed by atoms with Gasteiger partial charge >= 0.3 is 23.8 Å². The average Bonchev–Trinajstić information content (AvgIpc) is 3.50. The van der Waals surface area contributed by atoms with Crippen LogP contribution in [0.5, 0.6) is 0 Å². The first-order valence-electron chi connectivity index (χ1n) is 13.3. The number of esters is 1. The Morgan fingerprint density at radius 2 is 1.76 bits per heavy atom. The summed E-state index contributed by atoms with van der Waals surface area (Å²) in [6, 6.07) is 7.76. The number of benzene rings is 1. The molecule has 5 atom stereocenters. The summed E-state index contributed by atoms with van der Waals surface area (Å²) >= 11 is 0. The molecule has 1 aromatic carbocycles. The zero-order valence-electron chi connectivity index (χ0n) is 22.0. The molecule has 3 aliphatic rings. The summed E-state index contributed by atoms with van der Waals surface area (Å²) in [5.74, 6) is -2.38. The highest BCUT2D eigenvalue weighted by Crippen LogP contribution is 2.41. The molecule has 11 nitrogen and oxygen atoms in total. The summed E-state index contributed by atoms with van der Waals surface area (Å²) in [6.07, 6.45) is 4.54. The summed E-state index contributed by atoms with van der Waals surface area (Å²) in [7, 11) is 0. The van der Waals surface area contributed by atoms with Crippen LogP contribution in [0.3, 0.4) is 0 Å². The van der Waals surface area contributed by atoms with Crippen molar-refractivity contribution in [3.8, 4) is 0 Å². The molecule has 0 unspecified atom stereocenters. The second-order valence-electron chi connectivity index (χ2n) is 9.82. The van der Waals surface area contributed by atoms with Crippen molar-refractivity contribution < 1.29 is 33.8 Å². The Balaban J connectivity index is 0.000000427. The Kier molecular flexibility index (Phi) is 10.6. The molecule has 0 spiro atoms. The van der Waals surface area contributed by atoms with Gasteiger partial charge in [-0.05, 0) is 57.4 Å². The number of amides is 3. The molecule has 3 amide bonds. The van der Waals surface area contributed by atoms with Gasteiger partial charge in [-0.2, -0.15) is 0 Å². The van der Waals surface area contributed by atoms with E-state index < -0.39 is 35.9 Å². The fraction of sp³-hybridized carbons (Fsp3) is 0.593. The first-order chi connectivity index (χ1) is 18.2. The summed E-state index contributed by atoms with van der Waals surface area (Å²) in [5.41, 5.74) is 1.10. The van der Waals surface area contributed by atoms with Crippen LogP contribution in [0.15, 0.2) is 30.3 Å². The van der Waals surface area contributed by atoms with Gasteiger partial charge in [0.2, 0.25) is 5.91 Å². The molecular formula is C27H38N4O7. The highest BCUT2D eigenvalue weighted by molar-refractivity contribution is 6.35. The van der Waals surface area contributed by atoms with Crippen LogP contribution in [-0.2, 0) is 35.1 Å². The van der Waals surface area contributed by atoms with Crippen molar-refractivity contribution in [2.75, 3.05) is 19.7 Å². The Bertz CT molecular complexity index is 986. The van der Waals surface area contributed by atoms with E-state index >= 15 is 0 Å². The first-order valence-corrected chi connectivity index (χ1v) is 13.3. The molecule has 4 rings (SSSR count). The fourth-order valence-corrected chi connectivity index (χ4v) is 5.40. The minimum atomic E-state index is -0.948. The van der Waals surface area contributed by atoms with Gasteiger partial charge in [-0.1, -0.05) is 36.8 Å². The van der Waals surface area contributed by atoms with E-state index in [9.17, 15) is 29.1 Å². The number of fused-ring (bicyclic) bond motifs is 1. The van der Waals surface area contributed by atoms with E-state index in [1.54, 1.807) is 18.7 Å². The fourth-order valence-electron chi connectivity index (χ4n) is 5.40. The van der Waals surface area contributed by atoms with E-state index in [-0.39, 0.29) is 30.4 Å². The molecule has 3 fully saturated rings. The molecule has 2 aliphatic heterocycles. The zero-order valence-corrected chi connectivity index (χ0v) is 22.0. The number of carboxylic acids is 1. The number of carbonyl (C=O) groups excluding carboxylic acids is 4. The third kappa shape index (κ3) is 7.53. The van der Waals surface area contributed by atoms with Crippen molar-refractivity contribution in [1.29, 1.82) is 0 Å². The van der Waals surface area contributed by atoms with Crippen LogP contribution in [0.2, 0.25) is 0 Å². The van der Waals surface area contributed by atoms with Gasteiger partial charge in [0.1, 0.15) is 12.1 Å². The Morgan fingerprint density at radius 1 is 1.11 bits per heavy atom. The summed E-state index contributed by atoms with van der Waals surface area (Å²) in [6.45, 7) is 4.82. The standard InChI is InChI=1S/C23H32N2O5.C4H6N2O2/c1-3-30-23(29)18(13-12-16-8-5-4-6-9-16)24-15(2)21(26)25-19-11-7-10-17(19)14-20(25)22(27)28;7-3-4(8)6-2-1-5-3/h4-6,8-9,15,17-20,24H,3,7,10-14H2,1-2H3,(H,27,28);1-2H2,(H,5,7)(H,6,8)/t15-,17-,18-,19-,20-;/m0./s1. The van der Waals surface area contributed by atoms with Gasteiger partial charge in [0.25, 0.3) is 0 Å². The number of ether oxygens (including phenoxy) is 1. The number of hydrogen-bond donors (Lipinski definition) is 4. The molecule has 38 heavy (non-hydrogen) atoms. The molecule has 4 N–H and O–H groups in total. The van der Waals surface area contributed by atoms with Crippen molar-refractivity contribution in [3.05, 3.63) is 35.9 Å². The molecule has 1 saturated carbocycles. The van der Waals surface area contributed by atoms with Crippen LogP contribution in [0.1, 0.15) is 51.5 Å². The summed E-state index contributed by atoms with van der Waals surface area (Å²) < 4.78 is 5.21. The van der Waals surface area contributed by atoms with E-state index in [1.165, 1.54) is 0 Å². The van der Waals surface area contributed by atoms with E-state index in [2.05, 4.69) is 16.0 Å². The molecule has 0 bridgehead atoms. The van der Waals surface area contributed by atoms with Gasteiger partial charge < -0.3 is 25.4 Å². The number of likely N-dealkylation sites (tertiary alicyclic amines) is 1. The molecule has 11 heteroatoms. The van der Waals surface area contributed by atoms with Gasteiger partial charge in [0.05, 0.1) is 12.6 Å². The van der Waals surface area contributed by atoms with Gasteiger partial charge in [-0.3, -0.25) is 24.5 Å². The second-order valence-corrected chi connectivity index (χ2v) is 9.82. The van der Waals surface area contributed by atoms with Crippen LogP contribution in [0.25, 0.3) is 0 Å². The van der Waals surface area contributed by atoms with Gasteiger partial charge in [-0.15, -0.1) is 0 Å². The molecule has 1 aromatic rings. The molecule has 2 heterocycles. The van der Waals surface area contributed by atoms with Crippen molar-refractivity contribution in [2.24, 2.45) is 5.92 Å². The number of nitrogens with one attached hydrogen (secondary N) is 3. The lowest BCUT2D eigenvalue weighted by Gasteiger charge is -2.31. The number of nitrogens with zero attached hydrogens (tertiary/aromatic N) is 1. The highest BCUT2D eigenvalue weighted by atomic mass is 16.5. The smallest absolute Gasteiger partial charge is 0.326 e. The zero-order chi connectivity index (χ0) is 27.7. The average molecular weight is 531 g/mol. The maximum Gasteiger partial charge on any atom is 0.326 e. The van der Waals surface area contributed by atoms with Gasteiger partial charge in [-0.25, -0.2) is 4.79 Å². The minimum absolute atomic E-state index is 0.00629. The molecular weight excluding hydrogens is 492 g/mol. The quantitative estimate of drug-likeness (QED) is 0.268. The third-order valence-electron chi connectivity index (χ3n) is 7.24. The molecule has 0 aromatic heterocycles. The summed E-state index contributed by atoms with van der Waals surface area (Å²) in [4.78, 5) is 59.6. The Hall–Kier alpha value is -3.47. The van der Waals surface area contributed by atoms with Crippen LogP contribution in [-0.4, -0.2) is 83.5 Å². The van der Waals surface area contributed by atoms with Crippen LogP contribution < -0.4 is 16.0 Å². The maximum absolute atomic E-state index is 13.2. The third-order valence-corrected chi connectivity index (χ3v) is 7.24. The van der Waals surface area contributed by atoms with Crippen LogP contribution in [0, 0.1) is 5.92 Å². The van der Waals surface area contributed by atoms with Crippen molar-refractivity contribution >= 4 is 29.7 Å². The highest BCUT2D eigenvalue weighted by Gasteiger charge is 2.49. The number of carbonyl (C=O) groups is 5. The minimum Gasteiger partial charge on any atom is -0.480 e. The lowest BCUT2D eigenvalue weighted by molar-refractivity contribution is -0.151. The maximum atomic E-state index is 13.2. The molecule has 2 saturated heterocycles. The summed E-state index contributed by atoms with van der Waals surface area (Å²) in [5, 5.41) is 17.5. The largest absolute Gasteiger partial charge is 0.480 e. The lowest BCUT2D eigenvalue weighted by atomic mass is 10.0. The SMILES string of the molecule is CCOC(=O)[C@H](CCc1ccccc1)N[C@@H](C)C(=O)N1[C@H](C(=O)O)C[C@@H]2CCC[C@@H]21.O=C1NCCNC1=O. The number of piperazine rings is 1. The monoisotopic (exact) mass is 530 g/mol. The van der Waals surface area contributed by atoms with Crippen molar-refractivity contribution in [2.45, 2.75) is 76.5 Å². The van der Waals surface area contributed by atoms with Gasteiger partial charge in [0.15, 0.2) is 0 Å². The first kappa shape index (κ1) is 29.1.